The lowest BCUT2D eigenvalue weighted by molar-refractivity contribution is -0.387. The van der Waals surface area contributed by atoms with Crippen LogP contribution in [0.2, 0.25) is 5.02 Å². The summed E-state index contributed by atoms with van der Waals surface area (Å²) in [5.41, 5.74) is -0.977. The van der Waals surface area contributed by atoms with Gasteiger partial charge in [-0.15, -0.1) is 0 Å². The lowest BCUT2D eigenvalue weighted by Gasteiger charge is -2.19. The van der Waals surface area contributed by atoms with Crippen molar-refractivity contribution in [1.29, 1.82) is 0 Å². The van der Waals surface area contributed by atoms with Crippen LogP contribution in [0.3, 0.4) is 0 Å². The summed E-state index contributed by atoms with van der Waals surface area (Å²) in [6, 6.07) is 6.54. The molecule has 0 saturated carbocycles. The number of carbonyl (C=O) groups is 1. The number of amides is 1. The summed E-state index contributed by atoms with van der Waals surface area (Å²) in [5, 5.41) is 13.2. The Balaban J connectivity index is 2.39. The Morgan fingerprint density at radius 2 is 1.86 bits per heavy atom. The van der Waals surface area contributed by atoms with Crippen LogP contribution >= 0.6 is 11.6 Å². The number of nitro benzene ring substituents is 1. The number of benzene rings is 2. The zero-order chi connectivity index (χ0) is 21.1. The number of nitro groups is 1. The summed E-state index contributed by atoms with van der Waals surface area (Å²) in [5.74, 6) is -1.84. The van der Waals surface area contributed by atoms with E-state index in [0.29, 0.717) is 0 Å². The van der Waals surface area contributed by atoms with Gasteiger partial charge in [0.05, 0.1) is 20.4 Å². The first-order valence-corrected chi connectivity index (χ1v) is 9.98. The Labute approximate surface area is 166 Å². The molecule has 0 aromatic heterocycles. The normalized spacial score (nSPS) is 11.5. The minimum atomic E-state index is -3.81. The molecule has 0 fully saturated rings. The molecule has 0 unspecified atom stereocenters. The number of halogens is 2. The van der Waals surface area contributed by atoms with E-state index in [4.69, 9.17) is 11.6 Å². The van der Waals surface area contributed by atoms with E-state index in [1.54, 1.807) is 13.8 Å². The monoisotopic (exact) mass is 429 g/mol. The van der Waals surface area contributed by atoms with E-state index in [-0.39, 0.29) is 34.3 Å². The predicted octanol–water partition coefficient (Wildman–Crippen LogP) is 3.67. The fourth-order valence-electron chi connectivity index (χ4n) is 2.48. The summed E-state index contributed by atoms with van der Waals surface area (Å²) < 4.78 is 39.9. The van der Waals surface area contributed by atoms with Gasteiger partial charge < -0.3 is 5.32 Å². The van der Waals surface area contributed by atoms with E-state index in [1.165, 1.54) is 16.4 Å². The first-order valence-electron chi connectivity index (χ1n) is 8.16. The van der Waals surface area contributed by atoms with Crippen molar-refractivity contribution in [2.45, 2.75) is 18.7 Å². The molecule has 2 rings (SSSR count). The van der Waals surface area contributed by atoms with Crippen molar-refractivity contribution in [3.8, 4) is 0 Å². The van der Waals surface area contributed by atoms with E-state index < -0.39 is 32.4 Å². The molecular weight excluding hydrogens is 413 g/mol. The second kappa shape index (κ2) is 8.63. The summed E-state index contributed by atoms with van der Waals surface area (Å²) in [7, 11) is -3.81. The van der Waals surface area contributed by atoms with Crippen LogP contribution in [0.5, 0.6) is 0 Å². The smallest absolute Gasteiger partial charge is 0.306 e. The Kier molecular flexibility index (Phi) is 6.70. The molecule has 0 aliphatic carbocycles. The second-order valence-corrected chi connectivity index (χ2v) is 7.95. The maximum absolute atomic E-state index is 13.4. The van der Waals surface area contributed by atoms with Gasteiger partial charge in [0.1, 0.15) is 0 Å². The molecule has 0 heterocycles. The lowest BCUT2D eigenvalue weighted by atomic mass is 10.2. The van der Waals surface area contributed by atoms with Gasteiger partial charge in [-0.05, 0) is 30.3 Å². The first kappa shape index (κ1) is 21.7. The molecule has 150 valence electrons. The third-order valence-corrected chi connectivity index (χ3v) is 6.30. The largest absolute Gasteiger partial charge is 0.322 e. The van der Waals surface area contributed by atoms with Gasteiger partial charge >= 0.3 is 5.69 Å². The average Bonchev–Trinajstić information content (AvgIpc) is 2.63. The van der Waals surface area contributed by atoms with Crippen molar-refractivity contribution < 1.29 is 22.5 Å². The molecule has 0 atom stereocenters. The topological polar surface area (TPSA) is 110 Å². The first-order chi connectivity index (χ1) is 13.1. The maximum atomic E-state index is 13.4. The van der Waals surface area contributed by atoms with Gasteiger partial charge in [-0.3, -0.25) is 14.9 Å². The molecule has 8 nitrogen and oxygen atoms in total. The Hall–Kier alpha value is -2.56. The second-order valence-electron chi connectivity index (χ2n) is 5.61. The summed E-state index contributed by atoms with van der Waals surface area (Å²) >= 11 is 6.02. The van der Waals surface area contributed by atoms with Crippen LogP contribution < -0.4 is 5.32 Å². The van der Waals surface area contributed by atoms with Crippen LogP contribution in [0, 0.1) is 15.9 Å². The quantitative estimate of drug-likeness (QED) is 0.533. The Morgan fingerprint density at radius 3 is 2.43 bits per heavy atom. The summed E-state index contributed by atoms with van der Waals surface area (Å²) in [6.45, 7) is 3.88. The molecule has 0 bridgehead atoms. The van der Waals surface area contributed by atoms with Crippen LogP contribution in [0.25, 0.3) is 0 Å². The lowest BCUT2D eigenvalue weighted by Crippen LogP contribution is -2.30. The number of nitrogens with zero attached hydrogens (tertiary/aromatic N) is 2. The van der Waals surface area contributed by atoms with Crippen molar-refractivity contribution in [1.82, 2.24) is 4.31 Å². The van der Waals surface area contributed by atoms with E-state index in [9.17, 15) is 27.7 Å². The molecular formula is C17H17ClFN3O5S. The van der Waals surface area contributed by atoms with Gasteiger partial charge in [0, 0.05) is 24.8 Å². The van der Waals surface area contributed by atoms with Crippen LogP contribution in [0.4, 0.5) is 15.8 Å². The summed E-state index contributed by atoms with van der Waals surface area (Å²) in [4.78, 5) is 22.3. The number of hydrogen-bond donors (Lipinski definition) is 1. The van der Waals surface area contributed by atoms with Gasteiger partial charge in [0.2, 0.25) is 15.8 Å². The van der Waals surface area contributed by atoms with E-state index in [1.807, 2.05) is 0 Å². The highest BCUT2D eigenvalue weighted by atomic mass is 35.5. The van der Waals surface area contributed by atoms with Crippen molar-refractivity contribution >= 4 is 38.9 Å². The highest BCUT2D eigenvalue weighted by molar-refractivity contribution is 7.89. The molecule has 11 heteroatoms. The van der Waals surface area contributed by atoms with Gasteiger partial charge in [-0.1, -0.05) is 25.4 Å². The van der Waals surface area contributed by atoms with E-state index >= 15 is 0 Å². The van der Waals surface area contributed by atoms with Crippen molar-refractivity contribution in [3.05, 3.63) is 62.9 Å². The fraction of sp³-hybridized carbons (Fsp3) is 0.235. The number of nitrogens with one attached hydrogen (secondary N) is 1. The molecule has 0 saturated heterocycles. The number of sulfonamides is 1. The van der Waals surface area contributed by atoms with Crippen LogP contribution in [-0.4, -0.2) is 36.6 Å². The molecule has 2 aromatic rings. The third kappa shape index (κ3) is 4.46. The predicted molar refractivity (Wildman–Crippen MR) is 103 cm³/mol. The maximum Gasteiger partial charge on any atom is 0.306 e. The molecule has 2 aromatic carbocycles. The number of rotatable bonds is 7. The Morgan fingerprint density at radius 1 is 1.21 bits per heavy atom. The highest BCUT2D eigenvalue weighted by Gasteiger charge is 2.24. The minimum Gasteiger partial charge on any atom is -0.322 e. The molecule has 0 spiro atoms. The molecule has 1 amide bonds. The van der Waals surface area contributed by atoms with Crippen molar-refractivity contribution in [3.63, 3.8) is 0 Å². The third-order valence-electron chi connectivity index (χ3n) is 3.93. The SMILES string of the molecule is CCN(CC)S(=O)(=O)c1ccc(Cl)c(C(=O)Nc2ccc(F)c([N+](=O)[O-])c2)c1. The highest BCUT2D eigenvalue weighted by Crippen LogP contribution is 2.26. The average molecular weight is 430 g/mol. The van der Waals surface area contributed by atoms with Crippen LogP contribution in [-0.2, 0) is 10.0 Å². The zero-order valence-corrected chi connectivity index (χ0v) is 16.6. The van der Waals surface area contributed by atoms with Crippen LogP contribution in [0.1, 0.15) is 24.2 Å². The minimum absolute atomic E-state index is 0.00684. The van der Waals surface area contributed by atoms with Gasteiger partial charge in [0.15, 0.2) is 0 Å². The molecule has 0 aliphatic heterocycles. The fourth-order valence-corrected chi connectivity index (χ4v) is 4.17. The van der Waals surface area contributed by atoms with E-state index in [2.05, 4.69) is 5.32 Å². The zero-order valence-electron chi connectivity index (χ0n) is 15.0. The van der Waals surface area contributed by atoms with Gasteiger partial charge in [-0.25, -0.2) is 8.42 Å². The van der Waals surface area contributed by atoms with Crippen molar-refractivity contribution in [2.24, 2.45) is 0 Å². The molecule has 1 N–H and O–H groups in total. The standard InChI is InChI=1S/C17H17ClFN3O5S/c1-3-21(4-2)28(26,27)12-6-7-14(18)13(10-12)17(23)20-11-5-8-15(19)16(9-11)22(24)25/h5-10H,3-4H2,1-2H3,(H,20,23). The van der Waals surface area contributed by atoms with Crippen molar-refractivity contribution in [2.75, 3.05) is 18.4 Å². The molecule has 0 aliphatic rings. The molecule has 0 radical (unpaired) electrons. The molecule has 28 heavy (non-hydrogen) atoms. The van der Waals surface area contributed by atoms with E-state index in [0.717, 1.165) is 24.3 Å². The van der Waals surface area contributed by atoms with Gasteiger partial charge in [0.25, 0.3) is 5.91 Å². The Bertz CT molecular complexity index is 1030. The van der Waals surface area contributed by atoms with Gasteiger partial charge in [-0.2, -0.15) is 8.70 Å². The number of hydrogen-bond acceptors (Lipinski definition) is 5. The number of anilines is 1. The number of carbonyl (C=O) groups excluding carboxylic acids is 1. The van der Waals surface area contributed by atoms with Crippen LogP contribution in [0.15, 0.2) is 41.3 Å². The summed E-state index contributed by atoms with van der Waals surface area (Å²) in [6.07, 6.45) is 0.